The summed E-state index contributed by atoms with van der Waals surface area (Å²) in [5, 5.41) is 0.829. The van der Waals surface area contributed by atoms with Crippen molar-refractivity contribution < 1.29 is 19.1 Å². The van der Waals surface area contributed by atoms with Crippen LogP contribution in [-0.4, -0.2) is 22.2 Å². The van der Waals surface area contributed by atoms with Crippen LogP contribution in [0.1, 0.15) is 63.9 Å². The number of ether oxygens (including phenoxy) is 1. The van der Waals surface area contributed by atoms with Crippen molar-refractivity contribution in [3.8, 4) is 0 Å². The zero-order valence-electron chi connectivity index (χ0n) is 16.0. The van der Waals surface area contributed by atoms with Gasteiger partial charge in [-0.1, -0.05) is 25.1 Å². The van der Waals surface area contributed by atoms with Gasteiger partial charge in [0.1, 0.15) is 11.5 Å². The van der Waals surface area contributed by atoms with Gasteiger partial charge in [-0.2, -0.15) is 0 Å². The summed E-state index contributed by atoms with van der Waals surface area (Å²) in [6, 6.07) is 7.52. The van der Waals surface area contributed by atoms with Crippen molar-refractivity contribution in [1.82, 2.24) is 4.57 Å². The van der Waals surface area contributed by atoms with Crippen LogP contribution >= 0.6 is 0 Å². The Kier molecular flexibility index (Phi) is 4.29. The minimum absolute atomic E-state index is 0.0125. The summed E-state index contributed by atoms with van der Waals surface area (Å²) in [5.74, 6) is -0.687. The van der Waals surface area contributed by atoms with Crippen molar-refractivity contribution in [3.05, 3.63) is 36.0 Å². The van der Waals surface area contributed by atoms with Crippen molar-refractivity contribution in [2.24, 2.45) is 10.8 Å². The summed E-state index contributed by atoms with van der Waals surface area (Å²) in [6.45, 7) is 8.76. The predicted molar refractivity (Wildman–Crippen MR) is 98.9 cm³/mol. The Bertz CT molecular complexity index is 904. The molecule has 5 nitrogen and oxygen atoms in total. The number of benzene rings is 1. The van der Waals surface area contributed by atoms with E-state index in [1.807, 2.05) is 31.2 Å². The third kappa shape index (κ3) is 2.57. The number of fused-ring (bicyclic) bond motifs is 1. The summed E-state index contributed by atoms with van der Waals surface area (Å²) in [7, 11) is 0. The second-order valence-corrected chi connectivity index (χ2v) is 8.08. The molecule has 0 radical (unpaired) electrons. The average molecular weight is 355 g/mol. The van der Waals surface area contributed by atoms with E-state index in [2.05, 4.69) is 0 Å². The molecule has 1 fully saturated rings. The van der Waals surface area contributed by atoms with Crippen LogP contribution in [0.15, 0.2) is 30.5 Å². The first-order valence-electron chi connectivity index (χ1n) is 9.01. The molecule has 0 saturated carbocycles. The van der Waals surface area contributed by atoms with Crippen LogP contribution in [0.3, 0.4) is 0 Å². The molecular weight excluding hydrogens is 330 g/mol. The van der Waals surface area contributed by atoms with Gasteiger partial charge in [0.05, 0.1) is 10.9 Å². The Hall–Kier alpha value is -2.43. The lowest BCUT2D eigenvalue weighted by molar-refractivity contribution is -0.186. The number of hydrogen-bond acceptors (Lipinski definition) is 4. The van der Waals surface area contributed by atoms with Gasteiger partial charge in [0.2, 0.25) is 5.91 Å². The third-order valence-electron chi connectivity index (χ3n) is 5.30. The Balaban J connectivity index is 2.18. The number of hydrogen-bond donors (Lipinski definition) is 0. The number of aromatic nitrogens is 1. The molecule has 0 amide bonds. The van der Waals surface area contributed by atoms with Gasteiger partial charge < -0.3 is 4.74 Å². The van der Waals surface area contributed by atoms with E-state index in [1.54, 1.807) is 38.5 Å². The van der Waals surface area contributed by atoms with Gasteiger partial charge in [-0.3, -0.25) is 19.0 Å². The first kappa shape index (κ1) is 18.4. The SMILES string of the molecule is CCCC(=O)n1cc(C2OC(=O)C(C)(C)C(=O)C2(C)C)c2ccccc21. The van der Waals surface area contributed by atoms with Gasteiger partial charge in [0.25, 0.3) is 0 Å². The second-order valence-electron chi connectivity index (χ2n) is 8.08. The van der Waals surface area contributed by atoms with Gasteiger partial charge in [0.15, 0.2) is 5.78 Å². The molecule has 1 aromatic carbocycles. The molecule has 1 aromatic heterocycles. The molecule has 3 rings (SSSR count). The maximum absolute atomic E-state index is 13.0. The number of para-hydroxylation sites is 1. The molecule has 1 aliphatic rings. The van der Waals surface area contributed by atoms with Crippen LogP contribution in [0.5, 0.6) is 0 Å². The number of esters is 1. The summed E-state index contributed by atoms with van der Waals surface area (Å²) in [4.78, 5) is 38.0. The fourth-order valence-corrected chi connectivity index (χ4v) is 3.83. The molecule has 1 aliphatic heterocycles. The number of carbonyl (C=O) groups is 3. The molecule has 0 aliphatic carbocycles. The topological polar surface area (TPSA) is 65.4 Å². The van der Waals surface area contributed by atoms with Crippen molar-refractivity contribution in [1.29, 1.82) is 0 Å². The normalized spacial score (nSPS) is 21.7. The molecule has 1 unspecified atom stereocenters. The van der Waals surface area contributed by atoms with E-state index < -0.39 is 22.9 Å². The fourth-order valence-electron chi connectivity index (χ4n) is 3.83. The van der Waals surface area contributed by atoms with E-state index in [4.69, 9.17) is 4.74 Å². The smallest absolute Gasteiger partial charge is 0.319 e. The molecule has 0 bridgehead atoms. The van der Waals surface area contributed by atoms with Crippen LogP contribution in [0.25, 0.3) is 10.9 Å². The molecule has 26 heavy (non-hydrogen) atoms. The van der Waals surface area contributed by atoms with Gasteiger partial charge in [-0.25, -0.2) is 0 Å². The van der Waals surface area contributed by atoms with Gasteiger partial charge in [-0.05, 0) is 40.2 Å². The van der Waals surface area contributed by atoms with Gasteiger partial charge in [-0.15, -0.1) is 0 Å². The Morgan fingerprint density at radius 2 is 1.81 bits per heavy atom. The monoisotopic (exact) mass is 355 g/mol. The third-order valence-corrected chi connectivity index (χ3v) is 5.30. The Labute approximate surface area is 153 Å². The van der Waals surface area contributed by atoms with Crippen LogP contribution in [0, 0.1) is 10.8 Å². The number of Topliss-reactive ketones (excluding diaryl/α,β-unsaturated/α-hetero) is 1. The number of ketones is 1. The second kappa shape index (κ2) is 6.08. The van der Waals surface area contributed by atoms with Crippen LogP contribution < -0.4 is 0 Å². The van der Waals surface area contributed by atoms with Gasteiger partial charge in [0, 0.05) is 23.6 Å². The molecular formula is C21H25NO4. The molecule has 0 spiro atoms. The summed E-state index contributed by atoms with van der Waals surface area (Å²) in [6.07, 6.45) is 2.18. The van der Waals surface area contributed by atoms with E-state index in [0.29, 0.717) is 12.0 Å². The summed E-state index contributed by atoms with van der Waals surface area (Å²) < 4.78 is 7.36. The van der Waals surface area contributed by atoms with Crippen molar-refractivity contribution >= 4 is 28.6 Å². The van der Waals surface area contributed by atoms with Crippen molar-refractivity contribution in [3.63, 3.8) is 0 Å². The Morgan fingerprint density at radius 3 is 2.46 bits per heavy atom. The maximum Gasteiger partial charge on any atom is 0.319 e. The maximum atomic E-state index is 13.0. The zero-order chi connectivity index (χ0) is 19.3. The minimum Gasteiger partial charge on any atom is -0.456 e. The quantitative estimate of drug-likeness (QED) is 0.608. The lowest BCUT2D eigenvalue weighted by Crippen LogP contribution is -2.52. The van der Waals surface area contributed by atoms with E-state index >= 15 is 0 Å². The highest BCUT2D eigenvalue weighted by molar-refractivity contribution is 6.08. The Morgan fingerprint density at radius 1 is 1.15 bits per heavy atom. The number of nitrogens with zero attached hydrogens (tertiary/aromatic N) is 1. The molecule has 138 valence electrons. The fraction of sp³-hybridized carbons (Fsp3) is 0.476. The first-order valence-corrected chi connectivity index (χ1v) is 9.01. The van der Waals surface area contributed by atoms with Gasteiger partial charge >= 0.3 is 5.97 Å². The standard InChI is InChI=1S/C21H25NO4/c1-6-9-16(23)22-12-14(13-10-7-8-11-15(13)22)17-20(2,3)18(24)21(4,5)19(25)26-17/h7-8,10-12,17H,6,9H2,1-5H3. The largest absolute Gasteiger partial charge is 0.456 e. The highest BCUT2D eigenvalue weighted by Gasteiger charge is 2.56. The van der Waals surface area contributed by atoms with E-state index in [-0.39, 0.29) is 11.7 Å². The number of rotatable bonds is 3. The summed E-state index contributed by atoms with van der Waals surface area (Å²) >= 11 is 0. The molecule has 2 heterocycles. The minimum atomic E-state index is -1.17. The van der Waals surface area contributed by atoms with Crippen LogP contribution in [0.2, 0.25) is 0 Å². The lowest BCUT2D eigenvalue weighted by Gasteiger charge is -2.43. The molecule has 0 N–H and O–H groups in total. The average Bonchev–Trinajstić information content (AvgIpc) is 2.97. The highest BCUT2D eigenvalue weighted by atomic mass is 16.5. The molecule has 5 heteroatoms. The number of cyclic esters (lactones) is 1. The van der Waals surface area contributed by atoms with Crippen LogP contribution in [-0.2, 0) is 14.3 Å². The molecule has 2 aromatic rings. The predicted octanol–water partition coefficient (Wildman–Crippen LogP) is 4.30. The lowest BCUT2D eigenvalue weighted by atomic mass is 9.67. The zero-order valence-corrected chi connectivity index (χ0v) is 16.0. The van der Waals surface area contributed by atoms with E-state index in [9.17, 15) is 14.4 Å². The van der Waals surface area contributed by atoms with E-state index in [1.165, 1.54) is 0 Å². The number of carbonyl (C=O) groups excluding carboxylic acids is 3. The highest BCUT2D eigenvalue weighted by Crippen LogP contribution is 2.49. The first-order chi connectivity index (χ1) is 12.1. The van der Waals surface area contributed by atoms with Crippen LogP contribution in [0.4, 0.5) is 0 Å². The van der Waals surface area contributed by atoms with Crippen molar-refractivity contribution in [2.45, 2.75) is 53.6 Å². The molecule has 1 saturated heterocycles. The van der Waals surface area contributed by atoms with Crippen molar-refractivity contribution in [2.75, 3.05) is 0 Å². The summed E-state index contributed by atoms with van der Waals surface area (Å²) in [5.41, 5.74) is -0.589. The molecule has 1 atom stereocenters. The van der Waals surface area contributed by atoms with E-state index in [0.717, 1.165) is 17.3 Å².